The van der Waals surface area contributed by atoms with E-state index in [9.17, 15) is 4.79 Å². The van der Waals surface area contributed by atoms with Crippen molar-refractivity contribution < 1.29 is 9.53 Å². The summed E-state index contributed by atoms with van der Waals surface area (Å²) in [5.74, 6) is 0.583. The molecule has 0 saturated carbocycles. The molecule has 1 aliphatic heterocycles. The monoisotopic (exact) mass is 288 g/mol. The highest BCUT2D eigenvalue weighted by Gasteiger charge is 2.15. The quantitative estimate of drug-likeness (QED) is 0.911. The Labute approximate surface area is 121 Å². The van der Waals surface area contributed by atoms with Gasteiger partial charge in [-0.25, -0.2) is 0 Å². The summed E-state index contributed by atoms with van der Waals surface area (Å²) in [5.41, 5.74) is 2.77. The molecule has 1 aliphatic rings. The number of hydrogen-bond acceptors (Lipinski definition) is 3. The number of anilines is 2. The van der Waals surface area contributed by atoms with Gasteiger partial charge in [0.15, 0.2) is 6.61 Å². The summed E-state index contributed by atoms with van der Waals surface area (Å²) < 4.78 is 5.32. The van der Waals surface area contributed by atoms with Crippen LogP contribution in [0.5, 0.6) is 5.75 Å². The number of rotatable bonds is 3. The van der Waals surface area contributed by atoms with E-state index in [0.717, 1.165) is 16.9 Å². The third-order valence-corrected chi connectivity index (χ3v) is 3.27. The average molecular weight is 289 g/mol. The van der Waals surface area contributed by atoms with Gasteiger partial charge in [-0.15, -0.1) is 0 Å². The lowest BCUT2D eigenvalue weighted by Crippen LogP contribution is -2.25. The van der Waals surface area contributed by atoms with Crippen LogP contribution in [-0.4, -0.2) is 12.5 Å². The smallest absolute Gasteiger partial charge is 0.262 e. The second kappa shape index (κ2) is 5.43. The maximum atomic E-state index is 11.3. The van der Waals surface area contributed by atoms with Gasteiger partial charge in [0.2, 0.25) is 0 Å². The molecule has 2 aromatic carbocycles. The number of benzene rings is 2. The van der Waals surface area contributed by atoms with Crippen molar-refractivity contribution >= 4 is 28.9 Å². The fourth-order valence-corrected chi connectivity index (χ4v) is 2.14. The molecule has 0 fully saturated rings. The van der Waals surface area contributed by atoms with Gasteiger partial charge in [0.25, 0.3) is 5.91 Å². The molecule has 102 valence electrons. The molecular formula is C15H13ClN2O2. The SMILES string of the molecule is O=C1COc2ccc(CNc3ccc(Cl)cc3)cc2N1. The lowest BCUT2D eigenvalue weighted by molar-refractivity contribution is -0.118. The summed E-state index contributed by atoms with van der Waals surface area (Å²) in [6, 6.07) is 13.3. The summed E-state index contributed by atoms with van der Waals surface area (Å²) in [7, 11) is 0. The Morgan fingerprint density at radius 3 is 2.80 bits per heavy atom. The van der Waals surface area contributed by atoms with Crippen LogP contribution < -0.4 is 15.4 Å². The lowest BCUT2D eigenvalue weighted by atomic mass is 10.1. The molecule has 0 bridgehead atoms. The largest absolute Gasteiger partial charge is 0.482 e. The summed E-state index contributed by atoms with van der Waals surface area (Å²) in [5, 5.41) is 6.80. The fourth-order valence-electron chi connectivity index (χ4n) is 2.01. The van der Waals surface area contributed by atoms with Crippen molar-refractivity contribution in [1.82, 2.24) is 0 Å². The molecule has 3 rings (SSSR count). The molecular weight excluding hydrogens is 276 g/mol. The van der Waals surface area contributed by atoms with Crippen LogP contribution >= 0.6 is 11.6 Å². The predicted octanol–water partition coefficient (Wildman–Crippen LogP) is 3.28. The average Bonchev–Trinajstić information content (AvgIpc) is 2.46. The van der Waals surface area contributed by atoms with E-state index in [4.69, 9.17) is 16.3 Å². The number of carbonyl (C=O) groups excluding carboxylic acids is 1. The zero-order chi connectivity index (χ0) is 13.9. The minimum Gasteiger partial charge on any atom is -0.482 e. The van der Waals surface area contributed by atoms with Crippen LogP contribution in [-0.2, 0) is 11.3 Å². The van der Waals surface area contributed by atoms with Crippen LogP contribution in [0.15, 0.2) is 42.5 Å². The van der Waals surface area contributed by atoms with Crippen molar-refractivity contribution in [2.45, 2.75) is 6.54 Å². The van der Waals surface area contributed by atoms with Gasteiger partial charge >= 0.3 is 0 Å². The van der Waals surface area contributed by atoms with Gasteiger partial charge in [0, 0.05) is 17.3 Å². The van der Waals surface area contributed by atoms with Gasteiger partial charge < -0.3 is 15.4 Å². The van der Waals surface area contributed by atoms with Gasteiger partial charge in [-0.05, 0) is 42.0 Å². The normalized spacial score (nSPS) is 13.2. The van der Waals surface area contributed by atoms with Crippen molar-refractivity contribution in [1.29, 1.82) is 0 Å². The number of amides is 1. The maximum absolute atomic E-state index is 11.3. The second-order valence-electron chi connectivity index (χ2n) is 4.53. The van der Waals surface area contributed by atoms with Gasteiger partial charge in [-0.2, -0.15) is 0 Å². The zero-order valence-electron chi connectivity index (χ0n) is 10.7. The summed E-state index contributed by atoms with van der Waals surface area (Å²) in [4.78, 5) is 11.3. The van der Waals surface area contributed by atoms with E-state index in [2.05, 4.69) is 10.6 Å². The van der Waals surface area contributed by atoms with E-state index in [-0.39, 0.29) is 12.5 Å². The first-order chi connectivity index (χ1) is 9.70. The number of nitrogens with one attached hydrogen (secondary N) is 2. The number of fused-ring (bicyclic) bond motifs is 1. The summed E-state index contributed by atoms with van der Waals surface area (Å²) in [6.45, 7) is 0.736. The van der Waals surface area contributed by atoms with Gasteiger partial charge in [-0.3, -0.25) is 4.79 Å². The second-order valence-corrected chi connectivity index (χ2v) is 4.96. The summed E-state index contributed by atoms with van der Waals surface area (Å²) >= 11 is 5.84. The third kappa shape index (κ3) is 2.86. The van der Waals surface area contributed by atoms with Crippen LogP contribution in [0.25, 0.3) is 0 Å². The van der Waals surface area contributed by atoms with Crippen LogP contribution in [0, 0.1) is 0 Å². The Morgan fingerprint density at radius 2 is 2.00 bits per heavy atom. The highest BCUT2D eigenvalue weighted by atomic mass is 35.5. The van der Waals surface area contributed by atoms with Crippen molar-refractivity contribution in [3.05, 3.63) is 53.1 Å². The molecule has 5 heteroatoms. The standard InChI is InChI=1S/C15H13ClN2O2/c16-11-2-4-12(5-3-11)17-8-10-1-6-14-13(7-10)18-15(19)9-20-14/h1-7,17H,8-9H2,(H,18,19). The van der Waals surface area contributed by atoms with Crippen molar-refractivity contribution in [2.24, 2.45) is 0 Å². The molecule has 0 aliphatic carbocycles. The fraction of sp³-hybridized carbons (Fsp3) is 0.133. The number of halogens is 1. The molecule has 4 nitrogen and oxygen atoms in total. The Bertz CT molecular complexity index is 641. The highest BCUT2D eigenvalue weighted by molar-refractivity contribution is 6.30. The first-order valence-corrected chi connectivity index (χ1v) is 6.63. The van der Waals surface area contributed by atoms with E-state index >= 15 is 0 Å². The van der Waals surface area contributed by atoms with Crippen molar-refractivity contribution in [3.63, 3.8) is 0 Å². The molecule has 0 radical (unpaired) electrons. The number of hydrogen-bond donors (Lipinski definition) is 2. The lowest BCUT2D eigenvalue weighted by Gasteiger charge is -2.18. The van der Waals surface area contributed by atoms with E-state index in [1.54, 1.807) is 0 Å². The van der Waals surface area contributed by atoms with E-state index in [0.29, 0.717) is 17.3 Å². The Hall–Kier alpha value is -2.20. The molecule has 0 aromatic heterocycles. The predicted molar refractivity (Wildman–Crippen MR) is 79.3 cm³/mol. The molecule has 0 spiro atoms. The topological polar surface area (TPSA) is 50.4 Å². The molecule has 1 heterocycles. The molecule has 2 N–H and O–H groups in total. The van der Waals surface area contributed by atoms with Crippen LogP contribution in [0.3, 0.4) is 0 Å². The molecule has 2 aromatic rings. The Kier molecular flexibility index (Phi) is 3.48. The molecule has 0 unspecified atom stereocenters. The van der Waals surface area contributed by atoms with Gasteiger partial charge in [0.05, 0.1) is 5.69 Å². The van der Waals surface area contributed by atoms with E-state index in [1.165, 1.54) is 0 Å². The Balaban J connectivity index is 1.70. The van der Waals surface area contributed by atoms with Crippen LogP contribution in [0.1, 0.15) is 5.56 Å². The van der Waals surface area contributed by atoms with Crippen LogP contribution in [0.4, 0.5) is 11.4 Å². The van der Waals surface area contributed by atoms with Gasteiger partial charge in [0.1, 0.15) is 5.75 Å². The van der Waals surface area contributed by atoms with Gasteiger partial charge in [-0.1, -0.05) is 17.7 Å². The number of carbonyl (C=O) groups is 1. The van der Waals surface area contributed by atoms with E-state index < -0.39 is 0 Å². The first kappa shape index (κ1) is 12.8. The number of ether oxygens (including phenoxy) is 1. The van der Waals surface area contributed by atoms with E-state index in [1.807, 2.05) is 42.5 Å². The first-order valence-electron chi connectivity index (χ1n) is 6.26. The molecule has 0 saturated heterocycles. The minimum atomic E-state index is -0.125. The van der Waals surface area contributed by atoms with Crippen molar-refractivity contribution in [3.8, 4) is 5.75 Å². The van der Waals surface area contributed by atoms with Crippen LogP contribution in [0.2, 0.25) is 5.02 Å². The Morgan fingerprint density at radius 1 is 1.20 bits per heavy atom. The molecule has 20 heavy (non-hydrogen) atoms. The maximum Gasteiger partial charge on any atom is 0.262 e. The van der Waals surface area contributed by atoms with Crippen molar-refractivity contribution in [2.75, 3.05) is 17.2 Å². The minimum absolute atomic E-state index is 0.0787. The highest BCUT2D eigenvalue weighted by Crippen LogP contribution is 2.28. The molecule has 0 atom stereocenters. The molecule has 1 amide bonds. The third-order valence-electron chi connectivity index (χ3n) is 3.02. The summed E-state index contributed by atoms with van der Waals surface area (Å²) in [6.07, 6.45) is 0. The zero-order valence-corrected chi connectivity index (χ0v) is 11.4.